The van der Waals surface area contributed by atoms with E-state index in [1.54, 1.807) is 27.6 Å². The third-order valence-corrected chi connectivity index (χ3v) is 5.45. The van der Waals surface area contributed by atoms with Gasteiger partial charge in [-0.1, -0.05) is 18.5 Å². The molecule has 146 valence electrons. The molecule has 0 bridgehead atoms. The van der Waals surface area contributed by atoms with Crippen LogP contribution in [0.25, 0.3) is 16.8 Å². The highest BCUT2D eigenvalue weighted by atomic mass is 35.5. The molecule has 1 aromatic carbocycles. The number of ether oxygens (including phenoxy) is 1. The number of benzene rings is 1. The third-order valence-electron chi connectivity index (χ3n) is 5.14. The molecule has 1 saturated carbocycles. The molecule has 4 rings (SSSR count). The van der Waals surface area contributed by atoms with Crippen LogP contribution in [0.2, 0.25) is 5.02 Å². The topological polar surface area (TPSA) is 49.0 Å². The first-order valence-electron chi connectivity index (χ1n) is 9.77. The monoisotopic (exact) mass is 397 g/mol. The lowest BCUT2D eigenvalue weighted by Gasteiger charge is -2.14. The third kappa shape index (κ3) is 3.99. The van der Waals surface area contributed by atoms with Crippen LogP contribution < -0.4 is 10.3 Å². The second-order valence-corrected chi connectivity index (χ2v) is 7.80. The molecular weight excluding hydrogens is 374 g/mol. The van der Waals surface area contributed by atoms with Crippen molar-refractivity contribution >= 4 is 11.6 Å². The molecule has 1 fully saturated rings. The lowest BCUT2D eigenvalue weighted by Crippen LogP contribution is -2.19. The summed E-state index contributed by atoms with van der Waals surface area (Å²) in [7, 11) is 0. The van der Waals surface area contributed by atoms with E-state index in [0.717, 1.165) is 29.0 Å². The van der Waals surface area contributed by atoms with E-state index in [1.165, 1.54) is 12.8 Å². The zero-order chi connectivity index (χ0) is 19.7. The van der Waals surface area contributed by atoms with E-state index in [-0.39, 0.29) is 11.7 Å². The molecule has 6 heteroatoms. The number of aromatic nitrogens is 3. The van der Waals surface area contributed by atoms with Gasteiger partial charge >= 0.3 is 0 Å². The average molecular weight is 398 g/mol. The van der Waals surface area contributed by atoms with Gasteiger partial charge in [-0.25, -0.2) is 4.68 Å². The molecule has 1 aliphatic rings. The molecule has 5 nitrogen and oxygen atoms in total. The molecule has 1 aliphatic carbocycles. The summed E-state index contributed by atoms with van der Waals surface area (Å²) in [4.78, 5) is 11.9. The first kappa shape index (κ1) is 18.8. The fourth-order valence-electron chi connectivity index (χ4n) is 3.35. The second-order valence-electron chi connectivity index (χ2n) is 7.39. The van der Waals surface area contributed by atoms with Gasteiger partial charge in [0.2, 0.25) is 0 Å². The van der Waals surface area contributed by atoms with Crippen LogP contribution in [0.5, 0.6) is 5.75 Å². The Bertz CT molecular complexity index is 1040. The van der Waals surface area contributed by atoms with Crippen molar-refractivity contribution in [2.24, 2.45) is 5.92 Å². The number of rotatable bonds is 7. The Balaban J connectivity index is 1.57. The van der Waals surface area contributed by atoms with E-state index < -0.39 is 0 Å². The predicted molar refractivity (Wildman–Crippen MR) is 111 cm³/mol. The highest BCUT2D eigenvalue weighted by Crippen LogP contribution is 2.36. The largest absolute Gasteiger partial charge is 0.490 e. The average Bonchev–Trinajstić information content (AvgIpc) is 3.42. The Morgan fingerprint density at radius 1 is 1.25 bits per heavy atom. The van der Waals surface area contributed by atoms with E-state index >= 15 is 0 Å². The van der Waals surface area contributed by atoms with Crippen LogP contribution in [-0.2, 0) is 6.54 Å². The molecule has 2 aromatic heterocycles. The quantitative estimate of drug-likeness (QED) is 0.567. The zero-order valence-electron chi connectivity index (χ0n) is 16.1. The van der Waals surface area contributed by atoms with Gasteiger partial charge in [-0.3, -0.25) is 4.79 Å². The fraction of sp³-hybridized carbons (Fsp3) is 0.364. The van der Waals surface area contributed by atoms with Gasteiger partial charge in [-0.05, 0) is 56.4 Å². The molecule has 0 amide bonds. The number of hydrogen-bond donors (Lipinski definition) is 0. The lowest BCUT2D eigenvalue weighted by molar-refractivity contribution is 0.198. The van der Waals surface area contributed by atoms with E-state index in [4.69, 9.17) is 16.3 Å². The Hall–Kier alpha value is -2.53. The summed E-state index contributed by atoms with van der Waals surface area (Å²) >= 11 is 6.52. The second kappa shape index (κ2) is 7.84. The highest BCUT2D eigenvalue weighted by molar-refractivity contribution is 6.33. The fourth-order valence-corrected chi connectivity index (χ4v) is 3.63. The number of pyridine rings is 1. The van der Waals surface area contributed by atoms with Gasteiger partial charge in [0.25, 0.3) is 5.56 Å². The van der Waals surface area contributed by atoms with E-state index in [9.17, 15) is 4.79 Å². The van der Waals surface area contributed by atoms with Crippen LogP contribution in [0.1, 0.15) is 33.1 Å². The normalized spacial score (nSPS) is 14.8. The minimum Gasteiger partial charge on any atom is -0.490 e. The summed E-state index contributed by atoms with van der Waals surface area (Å²) in [5, 5.41) is 5.08. The van der Waals surface area contributed by atoms with Gasteiger partial charge in [-0.15, -0.1) is 0 Å². The predicted octanol–water partition coefficient (Wildman–Crippen LogP) is 4.94. The SMILES string of the molecule is CCCn1cc(-n2cc(-c3ccc(OC(C)C4CC4)cc3Cl)cn2)ccc1=O. The number of nitrogens with zero attached hydrogens (tertiary/aromatic N) is 3. The van der Waals surface area contributed by atoms with Crippen LogP contribution in [0.3, 0.4) is 0 Å². The molecule has 0 saturated heterocycles. The van der Waals surface area contributed by atoms with Crippen molar-refractivity contribution in [3.8, 4) is 22.6 Å². The van der Waals surface area contributed by atoms with Crippen molar-refractivity contribution in [2.75, 3.05) is 0 Å². The molecule has 1 unspecified atom stereocenters. The first-order valence-corrected chi connectivity index (χ1v) is 10.1. The van der Waals surface area contributed by atoms with Crippen molar-refractivity contribution in [3.05, 3.63) is 64.3 Å². The van der Waals surface area contributed by atoms with Crippen molar-refractivity contribution in [1.82, 2.24) is 14.3 Å². The van der Waals surface area contributed by atoms with Gasteiger partial charge in [0.15, 0.2) is 0 Å². The number of hydrogen-bond acceptors (Lipinski definition) is 3. The zero-order valence-corrected chi connectivity index (χ0v) is 16.9. The van der Waals surface area contributed by atoms with Gasteiger partial charge in [0.05, 0.1) is 23.0 Å². The van der Waals surface area contributed by atoms with Crippen molar-refractivity contribution in [3.63, 3.8) is 0 Å². The summed E-state index contributed by atoms with van der Waals surface area (Å²) in [6, 6.07) is 9.15. The number of halogens is 1. The summed E-state index contributed by atoms with van der Waals surface area (Å²) in [5.41, 5.74) is 2.66. The Labute approximate surface area is 169 Å². The van der Waals surface area contributed by atoms with Gasteiger partial charge < -0.3 is 9.30 Å². The molecule has 28 heavy (non-hydrogen) atoms. The molecule has 0 N–H and O–H groups in total. The van der Waals surface area contributed by atoms with Crippen LogP contribution in [0, 0.1) is 5.92 Å². The number of aryl methyl sites for hydroxylation is 1. The van der Waals surface area contributed by atoms with Crippen molar-refractivity contribution < 1.29 is 4.74 Å². The molecule has 1 atom stereocenters. The summed E-state index contributed by atoms with van der Waals surface area (Å²) in [6.07, 6.45) is 9.16. The molecule has 0 spiro atoms. The standard InChI is InChI=1S/C22H24ClN3O2/c1-3-10-25-14-18(6-9-22(25)27)26-13-17(12-24-26)20-8-7-19(11-21(20)23)28-15(2)16-4-5-16/h6-9,11-16H,3-5,10H2,1-2H3. The van der Waals surface area contributed by atoms with Crippen LogP contribution in [0.15, 0.2) is 53.7 Å². The minimum atomic E-state index is -0.00274. The molecular formula is C22H24ClN3O2. The van der Waals surface area contributed by atoms with E-state index in [0.29, 0.717) is 17.5 Å². The van der Waals surface area contributed by atoms with Crippen LogP contribution >= 0.6 is 11.6 Å². The maximum absolute atomic E-state index is 11.9. The minimum absolute atomic E-state index is 0.00274. The molecule has 0 radical (unpaired) electrons. The first-order chi connectivity index (χ1) is 13.5. The van der Waals surface area contributed by atoms with Crippen molar-refractivity contribution in [2.45, 2.75) is 45.8 Å². The Kier molecular flexibility index (Phi) is 5.27. The smallest absolute Gasteiger partial charge is 0.250 e. The summed E-state index contributed by atoms with van der Waals surface area (Å²) < 4.78 is 9.46. The Morgan fingerprint density at radius 3 is 2.79 bits per heavy atom. The molecule has 3 aromatic rings. The molecule has 0 aliphatic heterocycles. The maximum atomic E-state index is 11.9. The molecule has 2 heterocycles. The van der Waals surface area contributed by atoms with E-state index in [2.05, 4.69) is 12.0 Å². The van der Waals surface area contributed by atoms with Gasteiger partial charge in [0, 0.05) is 36.1 Å². The highest BCUT2D eigenvalue weighted by Gasteiger charge is 2.29. The van der Waals surface area contributed by atoms with Crippen LogP contribution in [-0.4, -0.2) is 20.5 Å². The lowest BCUT2D eigenvalue weighted by atomic mass is 10.1. The van der Waals surface area contributed by atoms with Gasteiger partial charge in [-0.2, -0.15) is 5.10 Å². The maximum Gasteiger partial charge on any atom is 0.250 e. The Morgan fingerprint density at radius 2 is 2.07 bits per heavy atom. The summed E-state index contributed by atoms with van der Waals surface area (Å²) in [5.74, 6) is 1.47. The van der Waals surface area contributed by atoms with Gasteiger partial charge in [0.1, 0.15) is 5.75 Å². The van der Waals surface area contributed by atoms with Crippen LogP contribution in [0.4, 0.5) is 0 Å². The van der Waals surface area contributed by atoms with E-state index in [1.807, 2.05) is 37.5 Å². The van der Waals surface area contributed by atoms with Crippen molar-refractivity contribution in [1.29, 1.82) is 0 Å². The summed E-state index contributed by atoms with van der Waals surface area (Å²) in [6.45, 7) is 4.85.